The van der Waals surface area contributed by atoms with Crippen LogP contribution in [-0.2, 0) is 19.6 Å². The van der Waals surface area contributed by atoms with E-state index in [9.17, 15) is 23.4 Å². The summed E-state index contributed by atoms with van der Waals surface area (Å²) in [6.07, 6.45) is -1.59. The highest BCUT2D eigenvalue weighted by atomic mass is 32.2. The smallest absolute Gasteiger partial charge is 0.260 e. The predicted octanol–water partition coefficient (Wildman–Crippen LogP) is -1.32. The first-order valence-corrected chi connectivity index (χ1v) is 11.4. The van der Waals surface area contributed by atoms with Crippen molar-refractivity contribution in [2.24, 2.45) is 5.14 Å². The van der Waals surface area contributed by atoms with Gasteiger partial charge in [-0.15, -0.1) is 0 Å². The minimum absolute atomic E-state index is 0.0254. The lowest BCUT2D eigenvalue weighted by atomic mass is 10.0. The first-order valence-electron chi connectivity index (χ1n) is 9.89. The summed E-state index contributed by atoms with van der Waals surface area (Å²) in [5, 5.41) is 25.9. The van der Waals surface area contributed by atoms with E-state index in [1.165, 1.54) is 18.2 Å². The molecule has 0 aliphatic carbocycles. The Hall–Kier alpha value is -1.76. The van der Waals surface area contributed by atoms with Gasteiger partial charge in [0.1, 0.15) is 5.75 Å². The minimum Gasteiger partial charge on any atom is -0.483 e. The Kier molecular flexibility index (Phi) is 7.32. The normalized spacial score (nSPS) is 26.3. The van der Waals surface area contributed by atoms with Gasteiger partial charge in [0.15, 0.2) is 6.61 Å². The van der Waals surface area contributed by atoms with Crippen LogP contribution < -0.4 is 9.88 Å². The van der Waals surface area contributed by atoms with Crippen LogP contribution in [0.4, 0.5) is 0 Å². The molecule has 10 nitrogen and oxygen atoms in total. The quantitative estimate of drug-likeness (QED) is 0.508. The number of hydrogen-bond donors (Lipinski definition) is 3. The van der Waals surface area contributed by atoms with Crippen molar-refractivity contribution in [2.75, 3.05) is 46.0 Å². The van der Waals surface area contributed by atoms with Crippen LogP contribution in [0.5, 0.6) is 5.75 Å². The van der Waals surface area contributed by atoms with Gasteiger partial charge in [-0.25, -0.2) is 13.6 Å². The molecule has 0 aromatic heterocycles. The molecule has 2 heterocycles. The molecule has 1 amide bonds. The number of rotatable bonds is 5. The Morgan fingerprint density at radius 2 is 1.97 bits per heavy atom. The predicted molar refractivity (Wildman–Crippen MR) is 107 cm³/mol. The summed E-state index contributed by atoms with van der Waals surface area (Å²) in [4.78, 5) is 16.4. The fourth-order valence-corrected chi connectivity index (χ4v) is 4.40. The fraction of sp³-hybridized carbons (Fsp3) is 0.632. The summed E-state index contributed by atoms with van der Waals surface area (Å²) >= 11 is 0. The van der Waals surface area contributed by atoms with Crippen LogP contribution in [0.3, 0.4) is 0 Å². The van der Waals surface area contributed by atoms with E-state index in [0.717, 1.165) is 0 Å². The highest BCUT2D eigenvalue weighted by Gasteiger charge is 2.37. The molecule has 11 heteroatoms. The maximum atomic E-state index is 12.8. The molecular weight excluding hydrogens is 414 g/mol. The lowest BCUT2D eigenvalue weighted by Gasteiger charge is -2.38. The zero-order valence-electron chi connectivity index (χ0n) is 16.9. The zero-order chi connectivity index (χ0) is 21.9. The van der Waals surface area contributed by atoms with Crippen molar-refractivity contribution in [2.45, 2.75) is 36.5 Å². The molecular formula is C19H29N3O7S. The average Bonchev–Trinajstić information content (AvgIpc) is 2.86. The Bertz CT molecular complexity index is 858. The first-order chi connectivity index (χ1) is 14.2. The van der Waals surface area contributed by atoms with E-state index in [0.29, 0.717) is 44.2 Å². The number of ether oxygens (including phenoxy) is 2. The van der Waals surface area contributed by atoms with Crippen LogP contribution in [0, 0.1) is 6.92 Å². The summed E-state index contributed by atoms with van der Waals surface area (Å²) < 4.78 is 33.8. The van der Waals surface area contributed by atoms with Crippen molar-refractivity contribution < 1.29 is 32.9 Å². The highest BCUT2D eigenvalue weighted by Crippen LogP contribution is 2.22. The number of aryl methyl sites for hydroxylation is 1. The summed E-state index contributed by atoms with van der Waals surface area (Å²) in [6, 6.07) is 3.80. The van der Waals surface area contributed by atoms with Gasteiger partial charge in [0.2, 0.25) is 10.0 Å². The molecule has 1 aromatic rings. The number of carbonyl (C=O) groups excluding carboxylic acids is 1. The van der Waals surface area contributed by atoms with Crippen LogP contribution in [0.15, 0.2) is 23.1 Å². The fourth-order valence-electron chi connectivity index (χ4n) is 3.80. The Labute approximate surface area is 176 Å². The third-order valence-corrected chi connectivity index (χ3v) is 6.50. The molecule has 0 spiro atoms. The Morgan fingerprint density at radius 1 is 1.27 bits per heavy atom. The van der Waals surface area contributed by atoms with E-state index in [1.54, 1.807) is 11.8 Å². The van der Waals surface area contributed by atoms with Crippen LogP contribution in [0.1, 0.15) is 12.0 Å². The number of nitrogens with two attached hydrogens (primary N) is 1. The molecule has 0 saturated carbocycles. The molecule has 0 bridgehead atoms. The standard InChI is InChI=1S/C19H29N3O7S/c1-13-10-14(30(20,26)27)2-3-17(13)29-12-18(24)22-5-4-16(23)19(25)15(11-22)21-6-8-28-9-7-21/h2-3,10,15-16,19,23,25H,4-9,11-12H2,1H3,(H2,20,26,27)/t15-,16-,19+/m1/s1. The van der Waals surface area contributed by atoms with Crippen LogP contribution >= 0.6 is 0 Å². The molecule has 3 rings (SSSR count). The largest absolute Gasteiger partial charge is 0.483 e. The maximum absolute atomic E-state index is 12.8. The number of likely N-dealkylation sites (tertiary alicyclic amines) is 1. The van der Waals surface area contributed by atoms with Gasteiger partial charge in [-0.2, -0.15) is 0 Å². The topological polar surface area (TPSA) is 143 Å². The number of amides is 1. The number of sulfonamides is 1. The number of carbonyl (C=O) groups is 1. The third-order valence-electron chi connectivity index (χ3n) is 5.58. The monoisotopic (exact) mass is 443 g/mol. The second-order valence-corrected chi connectivity index (χ2v) is 9.22. The molecule has 0 radical (unpaired) electrons. The summed E-state index contributed by atoms with van der Waals surface area (Å²) in [6.45, 7) is 4.37. The van der Waals surface area contributed by atoms with E-state index in [1.807, 2.05) is 4.90 Å². The Balaban J connectivity index is 1.65. The zero-order valence-corrected chi connectivity index (χ0v) is 17.8. The number of aliphatic hydroxyl groups is 2. The van der Waals surface area contributed by atoms with Crippen LogP contribution in [-0.4, -0.2) is 98.6 Å². The van der Waals surface area contributed by atoms with Gasteiger partial charge in [-0.05, 0) is 37.1 Å². The third kappa shape index (κ3) is 5.48. The van der Waals surface area contributed by atoms with Crippen molar-refractivity contribution >= 4 is 15.9 Å². The lowest BCUT2D eigenvalue weighted by Crippen LogP contribution is -2.55. The molecule has 0 unspecified atom stereocenters. The number of aliphatic hydroxyl groups excluding tert-OH is 2. The summed E-state index contributed by atoms with van der Waals surface area (Å²) in [5.41, 5.74) is 0.544. The van der Waals surface area contributed by atoms with Gasteiger partial charge >= 0.3 is 0 Å². The molecule has 1 aromatic carbocycles. The van der Waals surface area contributed by atoms with Gasteiger partial charge in [-0.3, -0.25) is 9.69 Å². The van der Waals surface area contributed by atoms with E-state index >= 15 is 0 Å². The Morgan fingerprint density at radius 3 is 2.60 bits per heavy atom. The van der Waals surface area contributed by atoms with E-state index in [2.05, 4.69) is 0 Å². The molecule has 4 N–H and O–H groups in total. The van der Waals surface area contributed by atoms with Gasteiger partial charge in [0, 0.05) is 26.2 Å². The molecule has 3 atom stereocenters. The van der Waals surface area contributed by atoms with E-state index < -0.39 is 22.2 Å². The lowest BCUT2D eigenvalue weighted by molar-refractivity contribution is -0.134. The van der Waals surface area contributed by atoms with Gasteiger partial charge in [-0.1, -0.05) is 0 Å². The minimum atomic E-state index is -3.81. The SMILES string of the molecule is Cc1cc(S(N)(=O)=O)ccc1OCC(=O)N1CC[C@@H](O)[C@@H](O)[C@H](N2CCOCC2)C1. The van der Waals surface area contributed by atoms with E-state index in [4.69, 9.17) is 14.6 Å². The summed E-state index contributed by atoms with van der Waals surface area (Å²) in [7, 11) is -3.81. The summed E-state index contributed by atoms with van der Waals surface area (Å²) in [5.74, 6) is 0.111. The van der Waals surface area contributed by atoms with Crippen molar-refractivity contribution in [1.29, 1.82) is 0 Å². The maximum Gasteiger partial charge on any atom is 0.260 e. The van der Waals surface area contributed by atoms with Crippen LogP contribution in [0.25, 0.3) is 0 Å². The van der Waals surface area contributed by atoms with Crippen molar-refractivity contribution in [1.82, 2.24) is 9.80 Å². The van der Waals surface area contributed by atoms with Crippen molar-refractivity contribution in [3.63, 3.8) is 0 Å². The molecule has 168 valence electrons. The molecule has 30 heavy (non-hydrogen) atoms. The van der Waals surface area contributed by atoms with Crippen LogP contribution in [0.2, 0.25) is 0 Å². The van der Waals surface area contributed by atoms with Crippen molar-refractivity contribution in [3.05, 3.63) is 23.8 Å². The second-order valence-electron chi connectivity index (χ2n) is 7.66. The molecule has 2 fully saturated rings. The molecule has 2 aliphatic heterocycles. The number of benzene rings is 1. The average molecular weight is 444 g/mol. The number of morpholine rings is 1. The second kappa shape index (κ2) is 9.58. The molecule has 2 saturated heterocycles. The van der Waals surface area contributed by atoms with Gasteiger partial charge in [0.05, 0.1) is 36.4 Å². The molecule has 2 aliphatic rings. The van der Waals surface area contributed by atoms with Crippen molar-refractivity contribution in [3.8, 4) is 5.75 Å². The first kappa shape index (κ1) is 22.9. The van der Waals surface area contributed by atoms with Gasteiger partial charge in [0.25, 0.3) is 5.91 Å². The number of nitrogens with zero attached hydrogens (tertiary/aromatic N) is 2. The number of primary sulfonamides is 1. The van der Waals surface area contributed by atoms with E-state index in [-0.39, 0.29) is 36.4 Å². The number of hydrogen-bond acceptors (Lipinski definition) is 8. The highest BCUT2D eigenvalue weighted by molar-refractivity contribution is 7.89. The van der Waals surface area contributed by atoms with Gasteiger partial charge < -0.3 is 24.6 Å².